The minimum Gasteiger partial charge on any atom is -0.356 e. The fraction of sp³-hybridized carbons (Fsp3) is 0.842. The number of nitrogens with zero attached hydrogens (tertiary/aromatic N) is 4. The van der Waals surface area contributed by atoms with Gasteiger partial charge in [-0.15, -0.1) is 0 Å². The lowest BCUT2D eigenvalue weighted by atomic mass is 10.0. The van der Waals surface area contributed by atoms with Gasteiger partial charge in [-0.25, -0.2) is 0 Å². The number of likely N-dealkylation sites (tertiary alicyclic amines) is 1. The number of hydrogen-bond acceptors (Lipinski definition) is 5. The Kier molecular flexibility index (Phi) is 8.88. The predicted molar refractivity (Wildman–Crippen MR) is 106 cm³/mol. The van der Waals surface area contributed by atoms with Crippen LogP contribution in [0.4, 0.5) is 0 Å². The van der Waals surface area contributed by atoms with Crippen molar-refractivity contribution in [1.82, 2.24) is 25.7 Å². The monoisotopic (exact) mass is 364 g/mol. The fourth-order valence-corrected chi connectivity index (χ4v) is 3.25. The van der Waals surface area contributed by atoms with Crippen LogP contribution < -0.4 is 10.6 Å². The van der Waals surface area contributed by atoms with Gasteiger partial charge in [0.15, 0.2) is 11.8 Å². The summed E-state index contributed by atoms with van der Waals surface area (Å²) < 4.78 is 5.27. The molecule has 0 aliphatic carbocycles. The topological polar surface area (TPSA) is 78.6 Å². The number of hydrogen-bond donors (Lipinski definition) is 2. The molecule has 2 rings (SSSR count). The van der Waals surface area contributed by atoms with Gasteiger partial charge >= 0.3 is 0 Å². The molecule has 26 heavy (non-hydrogen) atoms. The van der Waals surface area contributed by atoms with Gasteiger partial charge in [-0.2, -0.15) is 4.98 Å². The van der Waals surface area contributed by atoms with Crippen molar-refractivity contribution < 1.29 is 4.52 Å². The Morgan fingerprint density at radius 2 is 2.04 bits per heavy atom. The number of aromatic nitrogens is 2. The third kappa shape index (κ3) is 6.94. The van der Waals surface area contributed by atoms with Crippen molar-refractivity contribution >= 4 is 5.96 Å². The largest absolute Gasteiger partial charge is 0.356 e. The van der Waals surface area contributed by atoms with E-state index >= 15 is 0 Å². The molecule has 2 N–H and O–H groups in total. The van der Waals surface area contributed by atoms with Gasteiger partial charge in [0, 0.05) is 45.1 Å². The Balaban J connectivity index is 1.55. The maximum atomic E-state index is 5.27. The van der Waals surface area contributed by atoms with E-state index in [1.165, 1.54) is 32.4 Å². The molecule has 1 aliphatic rings. The standard InChI is InChI=1S/C19H36N6O/c1-15(2)18-23-17(26-24-18)10-7-11-21-19(20-4)22-12-8-14-25-13-6-5-9-16(25)3/h15-16H,5-14H2,1-4H3,(H2,20,21,22). The lowest BCUT2D eigenvalue weighted by Crippen LogP contribution is -2.41. The lowest BCUT2D eigenvalue weighted by molar-refractivity contribution is 0.159. The number of aryl methyl sites for hydroxylation is 1. The third-order valence-corrected chi connectivity index (χ3v) is 4.94. The first-order valence-electron chi connectivity index (χ1n) is 10.1. The van der Waals surface area contributed by atoms with E-state index < -0.39 is 0 Å². The number of nitrogens with one attached hydrogen (secondary N) is 2. The van der Waals surface area contributed by atoms with Crippen LogP contribution in [0.15, 0.2) is 9.52 Å². The van der Waals surface area contributed by atoms with Crippen molar-refractivity contribution in [2.24, 2.45) is 4.99 Å². The van der Waals surface area contributed by atoms with Crippen LogP contribution >= 0.6 is 0 Å². The van der Waals surface area contributed by atoms with Gasteiger partial charge in [0.1, 0.15) is 0 Å². The second-order valence-corrected chi connectivity index (χ2v) is 7.46. The van der Waals surface area contributed by atoms with Crippen LogP contribution in [0.3, 0.4) is 0 Å². The SMILES string of the molecule is CN=C(NCCCc1nc(C(C)C)no1)NCCCN1CCCCC1C. The Bertz CT molecular complexity index is 542. The van der Waals surface area contributed by atoms with Crippen LogP contribution in [0, 0.1) is 0 Å². The van der Waals surface area contributed by atoms with Crippen molar-refractivity contribution in [1.29, 1.82) is 0 Å². The molecule has 1 aliphatic heterocycles. The van der Waals surface area contributed by atoms with E-state index in [1.54, 1.807) is 0 Å². The molecule has 0 aromatic carbocycles. The van der Waals surface area contributed by atoms with E-state index in [2.05, 4.69) is 51.4 Å². The van der Waals surface area contributed by atoms with Crippen molar-refractivity contribution in [3.8, 4) is 0 Å². The summed E-state index contributed by atoms with van der Waals surface area (Å²) in [6.07, 6.45) is 6.94. The predicted octanol–water partition coefficient (Wildman–Crippen LogP) is 2.56. The van der Waals surface area contributed by atoms with Gasteiger partial charge in [-0.05, 0) is 39.2 Å². The zero-order valence-corrected chi connectivity index (χ0v) is 16.9. The molecule has 7 nitrogen and oxygen atoms in total. The highest BCUT2D eigenvalue weighted by Crippen LogP contribution is 2.16. The van der Waals surface area contributed by atoms with Crippen LogP contribution in [0.5, 0.6) is 0 Å². The second-order valence-electron chi connectivity index (χ2n) is 7.46. The molecule has 0 spiro atoms. The molecule has 0 bridgehead atoms. The quantitative estimate of drug-likeness (QED) is 0.398. The third-order valence-electron chi connectivity index (χ3n) is 4.94. The van der Waals surface area contributed by atoms with Gasteiger partial charge in [-0.3, -0.25) is 4.99 Å². The van der Waals surface area contributed by atoms with Crippen LogP contribution in [0.1, 0.15) is 70.5 Å². The Morgan fingerprint density at radius 1 is 1.27 bits per heavy atom. The number of aliphatic imine (C=N–C) groups is 1. The van der Waals surface area contributed by atoms with E-state index in [4.69, 9.17) is 4.52 Å². The average molecular weight is 365 g/mol. The molecule has 1 aromatic heterocycles. The smallest absolute Gasteiger partial charge is 0.226 e. The molecule has 1 saturated heterocycles. The Hall–Kier alpha value is -1.63. The minimum atomic E-state index is 0.307. The Morgan fingerprint density at radius 3 is 2.69 bits per heavy atom. The maximum absolute atomic E-state index is 5.27. The van der Waals surface area contributed by atoms with E-state index in [9.17, 15) is 0 Å². The van der Waals surface area contributed by atoms with E-state index in [-0.39, 0.29) is 0 Å². The highest BCUT2D eigenvalue weighted by molar-refractivity contribution is 5.79. The summed E-state index contributed by atoms with van der Waals surface area (Å²) in [5, 5.41) is 10.7. The summed E-state index contributed by atoms with van der Waals surface area (Å²) in [6.45, 7) is 10.7. The summed E-state index contributed by atoms with van der Waals surface area (Å²) in [4.78, 5) is 11.3. The number of rotatable bonds is 9. The summed E-state index contributed by atoms with van der Waals surface area (Å²) in [7, 11) is 1.81. The van der Waals surface area contributed by atoms with Crippen LogP contribution in [0.2, 0.25) is 0 Å². The molecular formula is C19H36N6O. The van der Waals surface area contributed by atoms with Gasteiger partial charge in [0.25, 0.3) is 0 Å². The summed E-state index contributed by atoms with van der Waals surface area (Å²) in [6, 6.07) is 0.738. The van der Waals surface area contributed by atoms with Crippen LogP contribution in [-0.4, -0.2) is 60.3 Å². The molecule has 1 atom stereocenters. The minimum absolute atomic E-state index is 0.307. The summed E-state index contributed by atoms with van der Waals surface area (Å²) in [5.74, 6) is 2.68. The normalized spacial score (nSPS) is 19.1. The molecule has 1 fully saturated rings. The Labute approximate surface area is 158 Å². The van der Waals surface area contributed by atoms with Crippen LogP contribution in [-0.2, 0) is 6.42 Å². The van der Waals surface area contributed by atoms with E-state index in [1.807, 2.05) is 7.05 Å². The molecule has 2 heterocycles. The van der Waals surface area contributed by atoms with Crippen LogP contribution in [0.25, 0.3) is 0 Å². The van der Waals surface area contributed by atoms with Gasteiger partial charge in [0.2, 0.25) is 5.89 Å². The van der Waals surface area contributed by atoms with Crippen molar-refractivity contribution in [2.45, 2.75) is 71.3 Å². The number of guanidine groups is 1. The molecule has 1 unspecified atom stereocenters. The molecular weight excluding hydrogens is 328 g/mol. The highest BCUT2D eigenvalue weighted by Gasteiger charge is 2.17. The van der Waals surface area contributed by atoms with Gasteiger partial charge in [-0.1, -0.05) is 25.4 Å². The fourth-order valence-electron chi connectivity index (χ4n) is 3.25. The first-order chi connectivity index (χ1) is 12.6. The first kappa shape index (κ1) is 20.7. The molecule has 1 aromatic rings. The zero-order valence-electron chi connectivity index (χ0n) is 16.9. The lowest BCUT2D eigenvalue weighted by Gasteiger charge is -2.33. The maximum Gasteiger partial charge on any atom is 0.226 e. The van der Waals surface area contributed by atoms with Crippen molar-refractivity contribution in [2.75, 3.05) is 33.2 Å². The average Bonchev–Trinajstić information content (AvgIpc) is 3.11. The first-order valence-corrected chi connectivity index (χ1v) is 10.1. The molecule has 0 saturated carbocycles. The summed E-state index contributed by atoms with van der Waals surface area (Å²) >= 11 is 0. The molecule has 0 amide bonds. The second kappa shape index (κ2) is 11.2. The van der Waals surface area contributed by atoms with Gasteiger partial charge in [0.05, 0.1) is 0 Å². The molecule has 7 heteroatoms. The van der Waals surface area contributed by atoms with E-state index in [0.29, 0.717) is 11.8 Å². The highest BCUT2D eigenvalue weighted by atomic mass is 16.5. The molecule has 0 radical (unpaired) electrons. The summed E-state index contributed by atoms with van der Waals surface area (Å²) in [5.41, 5.74) is 0. The molecule has 148 valence electrons. The van der Waals surface area contributed by atoms with E-state index in [0.717, 1.165) is 50.2 Å². The zero-order chi connectivity index (χ0) is 18.8. The number of piperidine rings is 1. The van der Waals surface area contributed by atoms with Crippen molar-refractivity contribution in [3.05, 3.63) is 11.7 Å². The van der Waals surface area contributed by atoms with Gasteiger partial charge < -0.3 is 20.1 Å². The van der Waals surface area contributed by atoms with Crippen molar-refractivity contribution in [3.63, 3.8) is 0 Å².